The van der Waals surface area contributed by atoms with E-state index in [-0.39, 0.29) is 11.9 Å². The van der Waals surface area contributed by atoms with Gasteiger partial charge in [0.1, 0.15) is 16.5 Å². The number of hydrogen-bond donors (Lipinski definition) is 1. The summed E-state index contributed by atoms with van der Waals surface area (Å²) < 4.78 is 0.682. The molecule has 1 heterocycles. The Labute approximate surface area is 94.1 Å². The second-order valence-electron chi connectivity index (χ2n) is 2.39. The molecule has 6 heteroatoms. The first-order valence-corrected chi connectivity index (χ1v) is 5.63. The van der Waals surface area contributed by atoms with Crippen LogP contribution in [-0.2, 0) is 0 Å². The predicted molar refractivity (Wildman–Crippen MR) is 57.1 cm³/mol. The van der Waals surface area contributed by atoms with Crippen LogP contribution in [0.25, 0.3) is 0 Å². The molecule has 0 aliphatic rings. The van der Waals surface area contributed by atoms with E-state index in [9.17, 15) is 0 Å². The van der Waals surface area contributed by atoms with E-state index in [4.69, 9.17) is 16.7 Å². The van der Waals surface area contributed by atoms with E-state index in [1.807, 2.05) is 6.92 Å². The third-order valence-electron chi connectivity index (χ3n) is 1.28. The van der Waals surface area contributed by atoms with Crippen molar-refractivity contribution in [3.63, 3.8) is 0 Å². The summed E-state index contributed by atoms with van der Waals surface area (Å²) in [5.41, 5.74) is 0. The van der Waals surface area contributed by atoms with Gasteiger partial charge in [0.05, 0.1) is 11.1 Å². The molecule has 0 aromatic carbocycles. The minimum atomic E-state index is 0.0993. The summed E-state index contributed by atoms with van der Waals surface area (Å²) in [6.07, 6.45) is 1.40. The van der Waals surface area contributed by atoms with Gasteiger partial charge in [0.15, 0.2) is 0 Å². The molecule has 1 N–H and O–H groups in total. The lowest BCUT2D eigenvalue weighted by atomic mass is 10.5. The maximum atomic E-state index is 8.84. The molecule has 0 amide bonds. The second kappa shape index (κ2) is 5.14. The first-order chi connectivity index (χ1) is 6.15. The fourth-order valence-electron chi connectivity index (χ4n) is 0.644. The van der Waals surface area contributed by atoms with Crippen LogP contribution in [0.2, 0.25) is 5.15 Å². The molecule has 0 saturated carbocycles. The molecule has 0 spiro atoms. The van der Waals surface area contributed by atoms with Crippen molar-refractivity contribution >= 4 is 39.3 Å². The van der Waals surface area contributed by atoms with Crippen LogP contribution in [0.1, 0.15) is 6.92 Å². The van der Waals surface area contributed by atoms with Gasteiger partial charge < -0.3 is 5.11 Å². The topological polar surface area (TPSA) is 46.0 Å². The fraction of sp³-hybridized carbons (Fsp3) is 0.429. The minimum Gasteiger partial charge on any atom is -0.395 e. The lowest BCUT2D eigenvalue weighted by molar-refractivity contribution is 0.300. The van der Waals surface area contributed by atoms with E-state index >= 15 is 0 Å². The molecule has 1 atom stereocenters. The average Bonchev–Trinajstić information content (AvgIpc) is 2.13. The van der Waals surface area contributed by atoms with Gasteiger partial charge in [-0.1, -0.05) is 30.3 Å². The number of nitrogens with zero attached hydrogens (tertiary/aromatic N) is 2. The van der Waals surface area contributed by atoms with Crippen molar-refractivity contribution in [2.45, 2.75) is 17.2 Å². The van der Waals surface area contributed by atoms with E-state index in [2.05, 4.69) is 25.9 Å². The molecule has 1 aromatic rings. The van der Waals surface area contributed by atoms with Gasteiger partial charge in [-0.2, -0.15) is 0 Å². The summed E-state index contributed by atoms with van der Waals surface area (Å²) >= 11 is 10.5. The van der Waals surface area contributed by atoms with Crippen LogP contribution in [0.5, 0.6) is 0 Å². The van der Waals surface area contributed by atoms with Crippen molar-refractivity contribution in [3.8, 4) is 0 Å². The lowest BCUT2D eigenvalue weighted by Crippen LogP contribution is -2.02. The van der Waals surface area contributed by atoms with Crippen LogP contribution >= 0.6 is 39.3 Å². The van der Waals surface area contributed by atoms with Gasteiger partial charge in [0, 0.05) is 5.25 Å². The van der Waals surface area contributed by atoms with Crippen LogP contribution in [0.15, 0.2) is 15.8 Å². The van der Waals surface area contributed by atoms with Crippen molar-refractivity contribution < 1.29 is 5.11 Å². The highest BCUT2D eigenvalue weighted by Crippen LogP contribution is 2.31. The van der Waals surface area contributed by atoms with Crippen molar-refractivity contribution in [3.05, 3.63) is 16.0 Å². The Morgan fingerprint density at radius 3 is 3.00 bits per heavy atom. The molecule has 3 nitrogen and oxygen atoms in total. The SMILES string of the molecule is CC(CO)Sc1ncnc(Cl)c1Br. The Hall–Kier alpha value is 0.160. The molecule has 0 fully saturated rings. The standard InChI is InChI=1S/C7H8BrClN2OS/c1-4(2-12)13-7-5(8)6(9)10-3-11-7/h3-4,12H,2H2,1H3. The summed E-state index contributed by atoms with van der Waals surface area (Å²) in [7, 11) is 0. The normalized spacial score (nSPS) is 12.9. The summed E-state index contributed by atoms with van der Waals surface area (Å²) in [6.45, 7) is 2.02. The monoisotopic (exact) mass is 282 g/mol. The zero-order chi connectivity index (χ0) is 9.84. The quantitative estimate of drug-likeness (QED) is 0.683. The van der Waals surface area contributed by atoms with Gasteiger partial charge in [0.25, 0.3) is 0 Å². The molecule has 13 heavy (non-hydrogen) atoms. The van der Waals surface area contributed by atoms with Gasteiger partial charge in [-0.3, -0.25) is 0 Å². The molecular formula is C7H8BrClN2OS. The van der Waals surface area contributed by atoms with Gasteiger partial charge in [0.2, 0.25) is 0 Å². The number of rotatable bonds is 3. The van der Waals surface area contributed by atoms with Crippen LogP contribution in [0.4, 0.5) is 0 Å². The molecule has 0 bridgehead atoms. The highest BCUT2D eigenvalue weighted by molar-refractivity contribution is 9.10. The minimum absolute atomic E-state index is 0.0993. The van der Waals surface area contributed by atoms with E-state index in [0.717, 1.165) is 5.03 Å². The number of aliphatic hydroxyl groups excluding tert-OH is 1. The van der Waals surface area contributed by atoms with Crippen molar-refractivity contribution in [2.75, 3.05) is 6.61 Å². The molecule has 1 aromatic heterocycles. The Morgan fingerprint density at radius 2 is 2.38 bits per heavy atom. The van der Waals surface area contributed by atoms with E-state index in [1.165, 1.54) is 18.1 Å². The highest BCUT2D eigenvalue weighted by Gasteiger charge is 2.10. The zero-order valence-electron chi connectivity index (χ0n) is 6.87. The van der Waals surface area contributed by atoms with Gasteiger partial charge in [-0.05, 0) is 15.9 Å². The number of thioether (sulfide) groups is 1. The Bertz CT molecular complexity index is 300. The molecule has 0 radical (unpaired) electrons. The number of halogens is 2. The lowest BCUT2D eigenvalue weighted by Gasteiger charge is -2.07. The van der Waals surface area contributed by atoms with Crippen molar-refractivity contribution in [1.29, 1.82) is 0 Å². The molecule has 0 aliphatic heterocycles. The molecule has 1 rings (SSSR count). The molecule has 1 unspecified atom stereocenters. The van der Waals surface area contributed by atoms with Crippen LogP contribution in [0.3, 0.4) is 0 Å². The summed E-state index contributed by atoms with van der Waals surface area (Å²) in [5.74, 6) is 0. The van der Waals surface area contributed by atoms with Gasteiger partial charge >= 0.3 is 0 Å². The van der Waals surface area contributed by atoms with Crippen molar-refractivity contribution in [1.82, 2.24) is 9.97 Å². The van der Waals surface area contributed by atoms with E-state index in [1.54, 1.807) is 0 Å². The number of hydrogen-bond acceptors (Lipinski definition) is 4. The first kappa shape index (κ1) is 11.2. The maximum absolute atomic E-state index is 8.84. The zero-order valence-corrected chi connectivity index (χ0v) is 10.0. The molecule has 72 valence electrons. The summed E-state index contributed by atoms with van der Waals surface area (Å²) in [6, 6.07) is 0. The second-order valence-corrected chi connectivity index (χ2v) is 4.97. The Kier molecular flexibility index (Phi) is 4.45. The highest BCUT2D eigenvalue weighted by atomic mass is 79.9. The maximum Gasteiger partial charge on any atom is 0.147 e. The summed E-state index contributed by atoms with van der Waals surface area (Å²) in [5, 5.41) is 10.1. The number of aromatic nitrogens is 2. The molecular weight excluding hydrogens is 276 g/mol. The van der Waals surface area contributed by atoms with Crippen LogP contribution in [0, 0.1) is 0 Å². The van der Waals surface area contributed by atoms with Crippen LogP contribution < -0.4 is 0 Å². The number of aliphatic hydroxyl groups is 1. The van der Waals surface area contributed by atoms with Crippen LogP contribution in [-0.4, -0.2) is 26.9 Å². The summed E-state index contributed by atoms with van der Waals surface area (Å²) in [4.78, 5) is 7.84. The smallest absolute Gasteiger partial charge is 0.147 e. The Balaban J connectivity index is 2.83. The third kappa shape index (κ3) is 3.09. The van der Waals surface area contributed by atoms with Gasteiger partial charge in [-0.25, -0.2) is 9.97 Å². The van der Waals surface area contributed by atoms with E-state index < -0.39 is 0 Å². The third-order valence-corrected chi connectivity index (χ3v) is 3.90. The average molecular weight is 284 g/mol. The first-order valence-electron chi connectivity index (χ1n) is 3.58. The van der Waals surface area contributed by atoms with Gasteiger partial charge in [-0.15, -0.1) is 0 Å². The largest absolute Gasteiger partial charge is 0.395 e. The van der Waals surface area contributed by atoms with Crippen molar-refractivity contribution in [2.24, 2.45) is 0 Å². The fourth-order valence-corrected chi connectivity index (χ4v) is 2.08. The molecule has 0 aliphatic carbocycles. The predicted octanol–water partition coefficient (Wildman–Crippen LogP) is 2.37. The Morgan fingerprint density at radius 1 is 1.69 bits per heavy atom. The molecule has 0 saturated heterocycles. The van der Waals surface area contributed by atoms with E-state index in [0.29, 0.717) is 9.63 Å².